The van der Waals surface area contributed by atoms with E-state index in [1.165, 1.54) is 11.0 Å². The molecule has 0 N–H and O–H groups in total. The van der Waals surface area contributed by atoms with Crippen LogP contribution in [0.3, 0.4) is 0 Å². The first-order chi connectivity index (χ1) is 12.0. The van der Waals surface area contributed by atoms with Crippen LogP contribution < -0.4 is 9.47 Å². The minimum atomic E-state index is -0.722. The van der Waals surface area contributed by atoms with Gasteiger partial charge >= 0.3 is 5.97 Å². The smallest absolute Gasteiger partial charge is 0.352 e. The number of tetrazole rings is 1. The molecule has 25 heavy (non-hydrogen) atoms. The molecule has 0 unspecified atom stereocenters. The molecule has 0 aliphatic carbocycles. The molecule has 0 radical (unpaired) electrons. The van der Waals surface area contributed by atoms with E-state index in [2.05, 4.69) is 15.5 Å². The molecule has 0 bridgehead atoms. The summed E-state index contributed by atoms with van der Waals surface area (Å²) in [5.41, 5.74) is 2.92. The summed E-state index contributed by atoms with van der Waals surface area (Å²) in [7, 11) is 0. The lowest BCUT2D eigenvalue weighted by Gasteiger charge is -2.15. The van der Waals surface area contributed by atoms with E-state index in [1.807, 2.05) is 32.0 Å². The number of aromatic nitrogens is 4. The van der Waals surface area contributed by atoms with Crippen molar-refractivity contribution in [2.24, 2.45) is 0 Å². The molecule has 128 valence electrons. The maximum absolute atomic E-state index is 12.2. The Morgan fingerprint density at radius 3 is 2.32 bits per heavy atom. The third-order valence-corrected chi connectivity index (χ3v) is 3.51. The van der Waals surface area contributed by atoms with Gasteiger partial charge in [-0.25, -0.2) is 9.48 Å². The molecule has 7 heteroatoms. The van der Waals surface area contributed by atoms with Gasteiger partial charge in [0.25, 0.3) is 0 Å². The van der Waals surface area contributed by atoms with Gasteiger partial charge < -0.3 is 9.47 Å². The highest BCUT2D eigenvalue weighted by molar-refractivity contribution is 5.77. The molecule has 1 aromatic heterocycles. The van der Waals surface area contributed by atoms with Crippen LogP contribution >= 0.6 is 0 Å². The van der Waals surface area contributed by atoms with E-state index in [9.17, 15) is 4.79 Å². The molecule has 0 spiro atoms. The van der Waals surface area contributed by atoms with Gasteiger partial charge in [0.1, 0.15) is 17.8 Å². The maximum Gasteiger partial charge on any atom is 0.352 e. The Morgan fingerprint density at radius 1 is 1.04 bits per heavy atom. The van der Waals surface area contributed by atoms with Crippen molar-refractivity contribution in [3.63, 3.8) is 0 Å². The Balaban J connectivity index is 1.63. The van der Waals surface area contributed by atoms with Gasteiger partial charge in [0.2, 0.25) is 0 Å². The van der Waals surface area contributed by atoms with E-state index in [4.69, 9.17) is 9.47 Å². The molecule has 3 aromatic rings. The molecule has 3 rings (SSSR count). The van der Waals surface area contributed by atoms with Crippen molar-refractivity contribution in [2.45, 2.75) is 26.9 Å². The average molecular weight is 338 g/mol. The lowest BCUT2D eigenvalue weighted by molar-refractivity contribution is -0.141. The minimum absolute atomic E-state index is 0.428. The summed E-state index contributed by atoms with van der Waals surface area (Å²) < 4.78 is 12.6. The monoisotopic (exact) mass is 338 g/mol. The molecular formula is C18H18N4O3. The summed E-state index contributed by atoms with van der Waals surface area (Å²) in [5, 5.41) is 10.9. The molecule has 0 aliphatic rings. The van der Waals surface area contributed by atoms with E-state index >= 15 is 0 Å². The summed E-state index contributed by atoms with van der Waals surface area (Å²) in [4.78, 5) is 12.2. The molecule has 1 heterocycles. The fraction of sp³-hybridized carbons (Fsp3) is 0.222. The Labute approximate surface area is 145 Å². The second-order valence-electron chi connectivity index (χ2n) is 5.75. The fourth-order valence-electron chi connectivity index (χ4n) is 2.40. The third kappa shape index (κ3) is 4.20. The number of carbonyl (C=O) groups excluding carboxylic acids is 1. The highest BCUT2D eigenvalue weighted by Crippen LogP contribution is 2.19. The number of carbonyl (C=O) groups is 1. The zero-order chi connectivity index (χ0) is 17.8. The van der Waals surface area contributed by atoms with E-state index < -0.39 is 12.1 Å². The molecule has 0 saturated carbocycles. The van der Waals surface area contributed by atoms with Crippen LogP contribution in [-0.2, 0) is 4.79 Å². The van der Waals surface area contributed by atoms with Gasteiger partial charge in [0, 0.05) is 0 Å². The van der Waals surface area contributed by atoms with Crippen LogP contribution in [0.2, 0.25) is 0 Å². The molecule has 0 amide bonds. The number of rotatable bonds is 5. The van der Waals surface area contributed by atoms with Crippen LogP contribution in [-0.4, -0.2) is 32.3 Å². The van der Waals surface area contributed by atoms with Crippen molar-refractivity contribution >= 4 is 5.97 Å². The first-order valence-corrected chi connectivity index (χ1v) is 7.81. The number of hydrogen-bond acceptors (Lipinski definition) is 6. The molecule has 2 aromatic carbocycles. The number of nitrogens with zero attached hydrogens (tertiary/aromatic N) is 4. The van der Waals surface area contributed by atoms with Crippen LogP contribution in [0.1, 0.15) is 18.1 Å². The highest BCUT2D eigenvalue weighted by Gasteiger charge is 2.17. The van der Waals surface area contributed by atoms with E-state index in [0.29, 0.717) is 11.5 Å². The van der Waals surface area contributed by atoms with E-state index in [0.717, 1.165) is 16.8 Å². The van der Waals surface area contributed by atoms with Crippen LogP contribution in [0.4, 0.5) is 0 Å². The van der Waals surface area contributed by atoms with Gasteiger partial charge in [0.05, 0.1) is 5.69 Å². The Kier molecular flexibility index (Phi) is 4.74. The van der Waals surface area contributed by atoms with Crippen molar-refractivity contribution in [1.82, 2.24) is 20.2 Å². The van der Waals surface area contributed by atoms with Crippen molar-refractivity contribution < 1.29 is 14.3 Å². The second-order valence-corrected chi connectivity index (χ2v) is 5.75. The average Bonchev–Trinajstić information content (AvgIpc) is 3.09. The minimum Gasteiger partial charge on any atom is -0.479 e. The lowest BCUT2D eigenvalue weighted by Crippen LogP contribution is -2.28. The van der Waals surface area contributed by atoms with E-state index in [-0.39, 0.29) is 0 Å². The second kappa shape index (κ2) is 7.12. The molecule has 0 aliphatic heterocycles. The number of hydrogen-bond donors (Lipinski definition) is 0. The first-order valence-electron chi connectivity index (χ1n) is 7.81. The Morgan fingerprint density at radius 2 is 1.72 bits per heavy atom. The quantitative estimate of drug-likeness (QED) is 0.526. The predicted octanol–water partition coefficient (Wildman–Crippen LogP) is 2.65. The number of esters is 1. The van der Waals surface area contributed by atoms with Crippen LogP contribution in [0.25, 0.3) is 5.69 Å². The number of aryl methyl sites for hydroxylation is 2. The normalized spacial score (nSPS) is 11.8. The number of benzene rings is 2. The Hall–Kier alpha value is -3.22. The third-order valence-electron chi connectivity index (χ3n) is 3.51. The van der Waals surface area contributed by atoms with Gasteiger partial charge in [-0.05, 0) is 78.7 Å². The molecule has 7 nitrogen and oxygen atoms in total. The van der Waals surface area contributed by atoms with Crippen molar-refractivity contribution in [1.29, 1.82) is 0 Å². The van der Waals surface area contributed by atoms with Crippen molar-refractivity contribution in [2.75, 3.05) is 0 Å². The molecule has 1 atom stereocenters. The fourth-order valence-corrected chi connectivity index (χ4v) is 2.40. The van der Waals surface area contributed by atoms with Crippen molar-refractivity contribution in [3.05, 3.63) is 59.9 Å². The lowest BCUT2D eigenvalue weighted by atomic mass is 10.1. The SMILES string of the molecule is Cc1cc(C)cc(O[C@@H](C)C(=O)Oc2ccc(-n3cnnn3)cc2)c1. The zero-order valence-corrected chi connectivity index (χ0v) is 14.2. The Bertz CT molecular complexity index is 840. The summed E-state index contributed by atoms with van der Waals surface area (Å²) in [6.45, 7) is 5.62. The zero-order valence-electron chi connectivity index (χ0n) is 14.2. The van der Waals surface area contributed by atoms with Gasteiger partial charge in [-0.15, -0.1) is 5.10 Å². The first kappa shape index (κ1) is 16.6. The summed E-state index contributed by atoms with van der Waals surface area (Å²) in [6, 6.07) is 12.7. The predicted molar refractivity (Wildman–Crippen MR) is 90.8 cm³/mol. The van der Waals surface area contributed by atoms with Gasteiger partial charge in [0.15, 0.2) is 6.10 Å². The topological polar surface area (TPSA) is 79.1 Å². The standard InChI is InChI=1S/C18H18N4O3/c1-12-8-13(2)10-17(9-12)24-14(3)18(23)25-16-6-4-15(5-7-16)22-11-19-20-21-22/h4-11,14H,1-3H3/t14-/m0/s1. The van der Waals surface area contributed by atoms with Gasteiger partial charge in [-0.3, -0.25) is 0 Å². The van der Waals surface area contributed by atoms with Crippen LogP contribution in [0, 0.1) is 13.8 Å². The summed E-state index contributed by atoms with van der Waals surface area (Å²) in [5.74, 6) is 0.614. The van der Waals surface area contributed by atoms with Gasteiger partial charge in [-0.2, -0.15) is 0 Å². The summed E-state index contributed by atoms with van der Waals surface area (Å²) >= 11 is 0. The molecular weight excluding hydrogens is 320 g/mol. The van der Waals surface area contributed by atoms with Crippen LogP contribution in [0.5, 0.6) is 11.5 Å². The molecule has 0 fully saturated rings. The highest BCUT2D eigenvalue weighted by atomic mass is 16.6. The molecule has 0 saturated heterocycles. The van der Waals surface area contributed by atoms with Crippen molar-refractivity contribution in [3.8, 4) is 17.2 Å². The summed E-state index contributed by atoms with van der Waals surface area (Å²) in [6.07, 6.45) is 0.765. The van der Waals surface area contributed by atoms with Crippen LogP contribution in [0.15, 0.2) is 48.8 Å². The maximum atomic E-state index is 12.2. The van der Waals surface area contributed by atoms with E-state index in [1.54, 1.807) is 31.2 Å². The van der Waals surface area contributed by atoms with Gasteiger partial charge in [-0.1, -0.05) is 6.07 Å². The number of ether oxygens (including phenoxy) is 2. The largest absolute Gasteiger partial charge is 0.479 e.